The van der Waals surface area contributed by atoms with Crippen LogP contribution in [0.5, 0.6) is 0 Å². The first-order valence-corrected chi connectivity index (χ1v) is 8.11. The summed E-state index contributed by atoms with van der Waals surface area (Å²) in [5.41, 5.74) is 3.24. The Morgan fingerprint density at radius 1 is 1.32 bits per heavy atom. The lowest BCUT2D eigenvalue weighted by Crippen LogP contribution is -2.03. The van der Waals surface area contributed by atoms with Crippen LogP contribution in [0.3, 0.4) is 0 Å². The maximum atomic E-state index is 12.0. The summed E-state index contributed by atoms with van der Waals surface area (Å²) in [6.07, 6.45) is 2.01. The van der Waals surface area contributed by atoms with Crippen LogP contribution < -0.4 is 0 Å². The van der Waals surface area contributed by atoms with E-state index in [1.54, 1.807) is 11.8 Å². The van der Waals surface area contributed by atoms with Gasteiger partial charge in [-0.2, -0.15) is 0 Å². The van der Waals surface area contributed by atoms with Crippen LogP contribution in [-0.2, 0) is 4.74 Å². The number of hydrogen-bond donors (Lipinski definition) is 0. The van der Waals surface area contributed by atoms with E-state index in [0.29, 0.717) is 11.5 Å². The second kappa shape index (κ2) is 6.26. The van der Waals surface area contributed by atoms with Gasteiger partial charge in [-0.25, -0.2) is 4.79 Å². The molecule has 0 bridgehead atoms. The van der Waals surface area contributed by atoms with E-state index in [1.165, 1.54) is 16.9 Å². The molecule has 0 amide bonds. The minimum absolute atomic E-state index is 0.233. The molecule has 0 saturated heterocycles. The Hall–Kier alpha value is -1.26. The monoisotopic (exact) mass is 292 g/mol. The van der Waals surface area contributed by atoms with Crippen molar-refractivity contribution in [2.24, 2.45) is 0 Å². The van der Waals surface area contributed by atoms with Crippen LogP contribution in [0.4, 0.5) is 0 Å². The second-order valence-electron chi connectivity index (χ2n) is 4.10. The summed E-state index contributed by atoms with van der Waals surface area (Å²) in [5, 5.41) is 0. The Morgan fingerprint density at radius 2 is 2.00 bits per heavy atom. The van der Waals surface area contributed by atoms with Gasteiger partial charge in [0.1, 0.15) is 4.88 Å². The van der Waals surface area contributed by atoms with E-state index in [-0.39, 0.29) is 5.97 Å². The van der Waals surface area contributed by atoms with Crippen molar-refractivity contribution in [3.8, 4) is 11.1 Å². The lowest BCUT2D eigenvalue weighted by Gasteiger charge is -2.04. The quantitative estimate of drug-likeness (QED) is 0.607. The molecule has 2 aromatic rings. The third-order valence-electron chi connectivity index (χ3n) is 2.73. The van der Waals surface area contributed by atoms with E-state index in [9.17, 15) is 4.79 Å². The van der Waals surface area contributed by atoms with Crippen molar-refractivity contribution >= 4 is 29.1 Å². The van der Waals surface area contributed by atoms with E-state index in [2.05, 4.69) is 25.1 Å². The van der Waals surface area contributed by atoms with Crippen LogP contribution >= 0.6 is 23.1 Å². The molecule has 1 aromatic heterocycles. The summed E-state index contributed by atoms with van der Waals surface area (Å²) in [6, 6.07) is 10.3. The average Bonchev–Trinajstić information content (AvgIpc) is 2.84. The molecule has 2 rings (SSSR count). The molecule has 0 spiro atoms. The minimum Gasteiger partial charge on any atom is -0.462 e. The molecule has 0 aliphatic rings. The third-order valence-corrected chi connectivity index (χ3v) is 4.91. The van der Waals surface area contributed by atoms with Crippen LogP contribution in [0.1, 0.15) is 22.2 Å². The number of aryl methyl sites for hydroxylation is 1. The number of ether oxygens (including phenoxy) is 1. The number of hydrogen-bond acceptors (Lipinski definition) is 4. The van der Waals surface area contributed by atoms with E-state index in [0.717, 1.165) is 15.3 Å². The van der Waals surface area contributed by atoms with E-state index in [4.69, 9.17) is 4.74 Å². The predicted molar refractivity (Wildman–Crippen MR) is 82.2 cm³/mol. The Kier molecular flexibility index (Phi) is 4.66. The summed E-state index contributed by atoms with van der Waals surface area (Å²) in [7, 11) is 0. The van der Waals surface area contributed by atoms with Crippen LogP contribution in [0.2, 0.25) is 0 Å². The summed E-state index contributed by atoms with van der Waals surface area (Å²) >= 11 is 3.14. The van der Waals surface area contributed by atoms with Crippen molar-refractivity contribution in [3.05, 3.63) is 40.8 Å². The largest absolute Gasteiger partial charge is 0.462 e. The molecule has 2 nitrogen and oxygen atoms in total. The molecule has 0 unspecified atom stereocenters. The van der Waals surface area contributed by atoms with Crippen molar-refractivity contribution in [1.82, 2.24) is 0 Å². The van der Waals surface area contributed by atoms with Gasteiger partial charge >= 0.3 is 5.97 Å². The van der Waals surface area contributed by atoms with Gasteiger partial charge in [-0.3, -0.25) is 0 Å². The van der Waals surface area contributed by atoms with Gasteiger partial charge in [0.2, 0.25) is 0 Å². The van der Waals surface area contributed by atoms with Gasteiger partial charge in [0.25, 0.3) is 0 Å². The lowest BCUT2D eigenvalue weighted by atomic mass is 10.1. The molecular formula is C15H16O2S2. The molecule has 0 aliphatic heterocycles. The Labute approximate surface area is 121 Å². The van der Waals surface area contributed by atoms with Gasteiger partial charge in [-0.1, -0.05) is 29.8 Å². The summed E-state index contributed by atoms with van der Waals surface area (Å²) in [6.45, 7) is 4.28. The van der Waals surface area contributed by atoms with E-state index in [1.807, 2.05) is 25.3 Å². The highest BCUT2D eigenvalue weighted by Crippen LogP contribution is 2.36. The smallest absolute Gasteiger partial charge is 0.348 e. The van der Waals surface area contributed by atoms with Crippen molar-refractivity contribution in [1.29, 1.82) is 0 Å². The molecule has 1 aromatic carbocycles. The average molecular weight is 292 g/mol. The number of rotatable bonds is 4. The number of benzene rings is 1. The molecule has 0 radical (unpaired) electrons. The van der Waals surface area contributed by atoms with Gasteiger partial charge < -0.3 is 4.74 Å². The number of thiophene rings is 1. The highest BCUT2D eigenvalue weighted by atomic mass is 32.2. The fourth-order valence-electron chi connectivity index (χ4n) is 1.76. The molecule has 19 heavy (non-hydrogen) atoms. The molecule has 1 heterocycles. The summed E-state index contributed by atoms with van der Waals surface area (Å²) in [4.78, 5) is 12.7. The SMILES string of the molecule is CCOC(=O)c1sc(SC)cc1-c1ccc(C)cc1. The van der Waals surface area contributed by atoms with Gasteiger partial charge in [0, 0.05) is 5.56 Å². The number of carbonyl (C=O) groups is 1. The fraction of sp³-hybridized carbons (Fsp3) is 0.267. The van der Waals surface area contributed by atoms with Gasteiger partial charge in [0.15, 0.2) is 0 Å². The van der Waals surface area contributed by atoms with Crippen LogP contribution in [0.25, 0.3) is 11.1 Å². The fourth-order valence-corrected chi connectivity index (χ4v) is 3.39. The first-order chi connectivity index (χ1) is 9.15. The number of esters is 1. The standard InChI is InChI=1S/C15H16O2S2/c1-4-17-15(16)14-12(9-13(18-3)19-14)11-7-5-10(2)6-8-11/h5-9H,4H2,1-3H3. The Bertz CT molecular complexity index is 570. The third kappa shape index (κ3) is 3.19. The molecular weight excluding hydrogens is 276 g/mol. The van der Waals surface area contributed by atoms with Crippen molar-refractivity contribution in [2.45, 2.75) is 18.1 Å². The maximum absolute atomic E-state index is 12.0. The van der Waals surface area contributed by atoms with Gasteiger partial charge in [0.05, 0.1) is 10.8 Å². The van der Waals surface area contributed by atoms with Crippen LogP contribution in [-0.4, -0.2) is 18.8 Å². The van der Waals surface area contributed by atoms with Crippen molar-refractivity contribution < 1.29 is 9.53 Å². The molecule has 0 aliphatic carbocycles. The van der Waals surface area contributed by atoms with Crippen molar-refractivity contribution in [3.63, 3.8) is 0 Å². The van der Waals surface area contributed by atoms with Crippen LogP contribution in [0.15, 0.2) is 34.5 Å². The Morgan fingerprint density at radius 3 is 2.58 bits per heavy atom. The second-order valence-corrected chi connectivity index (χ2v) is 6.26. The lowest BCUT2D eigenvalue weighted by molar-refractivity contribution is 0.0533. The molecule has 0 saturated carbocycles. The Balaban J connectivity index is 2.46. The molecule has 0 atom stereocenters. The van der Waals surface area contributed by atoms with E-state index < -0.39 is 0 Å². The zero-order chi connectivity index (χ0) is 13.8. The molecule has 0 fully saturated rings. The highest BCUT2D eigenvalue weighted by Gasteiger charge is 2.18. The van der Waals surface area contributed by atoms with Crippen molar-refractivity contribution in [2.75, 3.05) is 12.9 Å². The summed E-state index contributed by atoms with van der Waals surface area (Å²) in [5.74, 6) is -0.233. The topological polar surface area (TPSA) is 26.3 Å². The normalized spacial score (nSPS) is 10.5. The first kappa shape index (κ1) is 14.2. The highest BCUT2D eigenvalue weighted by molar-refractivity contribution is 8.00. The number of carbonyl (C=O) groups excluding carboxylic acids is 1. The van der Waals surface area contributed by atoms with Gasteiger partial charge in [-0.15, -0.1) is 23.1 Å². The maximum Gasteiger partial charge on any atom is 0.348 e. The zero-order valence-corrected chi connectivity index (χ0v) is 12.9. The minimum atomic E-state index is -0.233. The van der Waals surface area contributed by atoms with Gasteiger partial charge in [-0.05, 0) is 31.7 Å². The summed E-state index contributed by atoms with van der Waals surface area (Å²) < 4.78 is 6.26. The number of thioether (sulfide) groups is 1. The molecule has 100 valence electrons. The predicted octanol–water partition coefficient (Wildman–Crippen LogP) is 4.62. The van der Waals surface area contributed by atoms with E-state index >= 15 is 0 Å². The molecule has 4 heteroatoms. The first-order valence-electron chi connectivity index (χ1n) is 6.07. The molecule has 0 N–H and O–H groups in total. The zero-order valence-electron chi connectivity index (χ0n) is 11.2. The van der Waals surface area contributed by atoms with Crippen LogP contribution in [0, 0.1) is 6.92 Å².